The smallest absolute Gasteiger partial charge is 0.289 e. The first-order valence-electron chi connectivity index (χ1n) is 10.4. The fourth-order valence-corrected chi connectivity index (χ4v) is 3.66. The lowest BCUT2D eigenvalue weighted by atomic mass is 10.1. The quantitative estimate of drug-likeness (QED) is 0.322. The summed E-state index contributed by atoms with van der Waals surface area (Å²) in [6.07, 6.45) is 2.31. The maximum atomic E-state index is 13.1. The van der Waals surface area contributed by atoms with E-state index in [1.165, 1.54) is 6.26 Å². The Bertz CT molecular complexity index is 1170. The number of aromatic nitrogens is 2. The van der Waals surface area contributed by atoms with Gasteiger partial charge in [0.25, 0.3) is 5.91 Å². The molecule has 0 fully saturated rings. The Morgan fingerprint density at radius 1 is 1.09 bits per heavy atom. The van der Waals surface area contributed by atoms with Crippen LogP contribution in [0.25, 0.3) is 11.3 Å². The van der Waals surface area contributed by atoms with Gasteiger partial charge in [0.15, 0.2) is 5.76 Å². The molecule has 0 spiro atoms. The summed E-state index contributed by atoms with van der Waals surface area (Å²) < 4.78 is 13.3. The van der Waals surface area contributed by atoms with Crippen LogP contribution >= 0.6 is 11.6 Å². The van der Waals surface area contributed by atoms with E-state index in [1.54, 1.807) is 46.0 Å². The van der Waals surface area contributed by atoms with Gasteiger partial charge in [0, 0.05) is 24.2 Å². The number of halogens is 1. The Kier molecular flexibility index (Phi) is 6.61. The van der Waals surface area contributed by atoms with Gasteiger partial charge in [-0.1, -0.05) is 48.9 Å². The maximum Gasteiger partial charge on any atom is 0.289 e. The zero-order chi connectivity index (χ0) is 22.5. The summed E-state index contributed by atoms with van der Waals surface area (Å²) in [5, 5.41) is 5.36. The number of aryl methyl sites for hydroxylation is 1. The van der Waals surface area contributed by atoms with Crippen molar-refractivity contribution in [3.63, 3.8) is 0 Å². The molecule has 164 valence electrons. The van der Waals surface area contributed by atoms with Crippen LogP contribution in [0, 0.1) is 0 Å². The lowest BCUT2D eigenvalue weighted by molar-refractivity contribution is 0.0710. The SMILES string of the molecule is CCCN(Cc1c(-c2ccccc2)nn(C)c1Oc1ccc(Cl)cc1)C(=O)c1ccco1. The zero-order valence-electron chi connectivity index (χ0n) is 18.0. The van der Waals surface area contributed by atoms with Crippen LogP contribution in [0.5, 0.6) is 11.6 Å². The molecule has 4 rings (SSSR count). The molecule has 32 heavy (non-hydrogen) atoms. The van der Waals surface area contributed by atoms with Crippen molar-refractivity contribution in [2.75, 3.05) is 6.54 Å². The van der Waals surface area contributed by atoms with E-state index in [-0.39, 0.29) is 5.91 Å². The number of hydrogen-bond donors (Lipinski definition) is 0. The van der Waals surface area contributed by atoms with Crippen LogP contribution in [-0.4, -0.2) is 27.1 Å². The first-order valence-corrected chi connectivity index (χ1v) is 10.8. The third-order valence-electron chi connectivity index (χ3n) is 5.02. The Morgan fingerprint density at radius 3 is 2.50 bits per heavy atom. The van der Waals surface area contributed by atoms with Crippen LogP contribution < -0.4 is 4.74 Å². The van der Waals surface area contributed by atoms with Gasteiger partial charge in [0.1, 0.15) is 11.4 Å². The van der Waals surface area contributed by atoms with E-state index in [4.69, 9.17) is 25.9 Å². The van der Waals surface area contributed by atoms with Crippen molar-refractivity contribution in [2.24, 2.45) is 7.05 Å². The van der Waals surface area contributed by atoms with E-state index in [0.29, 0.717) is 35.5 Å². The van der Waals surface area contributed by atoms with Gasteiger partial charge < -0.3 is 14.1 Å². The molecule has 0 bridgehead atoms. The molecule has 0 aliphatic carbocycles. The number of carbonyl (C=O) groups is 1. The molecule has 0 unspecified atom stereocenters. The van der Waals surface area contributed by atoms with Gasteiger partial charge in [0.2, 0.25) is 5.88 Å². The van der Waals surface area contributed by atoms with Crippen molar-refractivity contribution >= 4 is 17.5 Å². The van der Waals surface area contributed by atoms with E-state index in [2.05, 4.69) is 0 Å². The van der Waals surface area contributed by atoms with Gasteiger partial charge in [-0.25, -0.2) is 4.68 Å². The highest BCUT2D eigenvalue weighted by Gasteiger charge is 2.25. The van der Waals surface area contributed by atoms with Crippen molar-refractivity contribution in [2.45, 2.75) is 19.9 Å². The third-order valence-corrected chi connectivity index (χ3v) is 5.28. The number of furan rings is 1. The highest BCUT2D eigenvalue weighted by molar-refractivity contribution is 6.30. The largest absolute Gasteiger partial charge is 0.459 e. The number of ether oxygens (including phenoxy) is 1. The summed E-state index contributed by atoms with van der Waals surface area (Å²) in [5.74, 6) is 1.35. The molecule has 2 aromatic carbocycles. The number of amides is 1. The maximum absolute atomic E-state index is 13.1. The van der Waals surface area contributed by atoms with Gasteiger partial charge in [-0.05, 0) is 42.8 Å². The number of benzene rings is 2. The normalized spacial score (nSPS) is 10.8. The zero-order valence-corrected chi connectivity index (χ0v) is 18.7. The second-order valence-electron chi connectivity index (χ2n) is 7.38. The molecule has 0 saturated carbocycles. The van der Waals surface area contributed by atoms with Gasteiger partial charge in [-0.3, -0.25) is 4.79 Å². The Balaban J connectivity index is 1.76. The molecule has 4 aromatic rings. The number of hydrogen-bond acceptors (Lipinski definition) is 4. The summed E-state index contributed by atoms with van der Waals surface area (Å²) in [4.78, 5) is 14.9. The highest BCUT2D eigenvalue weighted by Crippen LogP contribution is 2.34. The van der Waals surface area contributed by atoms with Crippen molar-refractivity contribution in [1.29, 1.82) is 0 Å². The van der Waals surface area contributed by atoms with Crippen molar-refractivity contribution < 1.29 is 13.9 Å². The van der Waals surface area contributed by atoms with Gasteiger partial charge in [0.05, 0.1) is 18.4 Å². The van der Waals surface area contributed by atoms with Crippen LogP contribution in [-0.2, 0) is 13.6 Å². The molecular weight excluding hydrogens is 426 g/mol. The minimum atomic E-state index is -0.169. The minimum Gasteiger partial charge on any atom is -0.459 e. The summed E-state index contributed by atoms with van der Waals surface area (Å²) in [6.45, 7) is 2.94. The second kappa shape index (κ2) is 9.75. The Morgan fingerprint density at radius 2 is 1.84 bits per heavy atom. The first-order chi connectivity index (χ1) is 15.6. The van der Waals surface area contributed by atoms with Crippen LogP contribution in [0.2, 0.25) is 5.02 Å². The average molecular weight is 450 g/mol. The highest BCUT2D eigenvalue weighted by atomic mass is 35.5. The van der Waals surface area contributed by atoms with Gasteiger partial charge >= 0.3 is 0 Å². The Labute approximate surface area is 192 Å². The van der Waals surface area contributed by atoms with Crippen molar-refractivity contribution in [1.82, 2.24) is 14.7 Å². The second-order valence-corrected chi connectivity index (χ2v) is 7.82. The lowest BCUT2D eigenvalue weighted by Crippen LogP contribution is -2.31. The molecule has 0 atom stereocenters. The number of carbonyl (C=O) groups excluding carboxylic acids is 1. The molecule has 2 aromatic heterocycles. The molecular formula is C25H24ClN3O3. The molecule has 0 aliphatic heterocycles. The van der Waals surface area contributed by atoms with Crippen molar-refractivity contribution in [3.8, 4) is 22.9 Å². The molecule has 1 amide bonds. The molecule has 0 N–H and O–H groups in total. The predicted molar refractivity (Wildman–Crippen MR) is 124 cm³/mol. The summed E-state index contributed by atoms with van der Waals surface area (Å²) in [6, 6.07) is 20.4. The van der Waals surface area contributed by atoms with E-state index < -0.39 is 0 Å². The molecule has 7 heteroatoms. The Hall–Kier alpha value is -3.51. The van der Waals surface area contributed by atoms with E-state index in [9.17, 15) is 4.79 Å². The van der Waals surface area contributed by atoms with Crippen LogP contribution in [0.4, 0.5) is 0 Å². The molecule has 0 radical (unpaired) electrons. The summed E-state index contributed by atoms with van der Waals surface area (Å²) in [7, 11) is 1.83. The lowest BCUT2D eigenvalue weighted by Gasteiger charge is -2.22. The standard InChI is InChI=1S/C25H24ClN3O3/c1-3-15-29(24(30)22-10-7-16-31-22)17-21-23(18-8-5-4-6-9-18)27-28(2)25(21)32-20-13-11-19(26)12-14-20/h4-14,16H,3,15,17H2,1-2H3. The topological polar surface area (TPSA) is 60.5 Å². The number of rotatable bonds is 8. The van der Waals surface area contributed by atoms with Gasteiger partial charge in [-0.15, -0.1) is 0 Å². The predicted octanol–water partition coefficient (Wildman–Crippen LogP) is 6.18. The van der Waals surface area contributed by atoms with Crippen LogP contribution in [0.1, 0.15) is 29.5 Å². The first kappa shape index (κ1) is 21.7. The molecule has 0 aliphatic rings. The summed E-state index contributed by atoms with van der Waals surface area (Å²) in [5.41, 5.74) is 2.54. The molecule has 6 nitrogen and oxygen atoms in total. The summed E-state index contributed by atoms with van der Waals surface area (Å²) >= 11 is 6.02. The fourth-order valence-electron chi connectivity index (χ4n) is 3.53. The monoisotopic (exact) mass is 449 g/mol. The average Bonchev–Trinajstić information content (AvgIpc) is 3.45. The fraction of sp³-hybridized carbons (Fsp3) is 0.200. The number of nitrogens with zero attached hydrogens (tertiary/aromatic N) is 3. The van der Waals surface area contributed by atoms with Crippen LogP contribution in [0.3, 0.4) is 0 Å². The third kappa shape index (κ3) is 4.70. The van der Waals surface area contributed by atoms with E-state index in [0.717, 1.165) is 23.2 Å². The van der Waals surface area contributed by atoms with Gasteiger partial charge in [-0.2, -0.15) is 5.10 Å². The van der Waals surface area contributed by atoms with E-state index >= 15 is 0 Å². The molecule has 0 saturated heterocycles. The minimum absolute atomic E-state index is 0.169. The molecule has 2 heterocycles. The van der Waals surface area contributed by atoms with Crippen LogP contribution in [0.15, 0.2) is 77.4 Å². The van der Waals surface area contributed by atoms with E-state index in [1.807, 2.05) is 44.3 Å². The van der Waals surface area contributed by atoms with Crippen molar-refractivity contribution in [3.05, 3.63) is 89.3 Å².